The second-order valence-electron chi connectivity index (χ2n) is 9.02. The smallest absolute Gasteiger partial charge is 0.325 e. The highest BCUT2D eigenvalue weighted by molar-refractivity contribution is 9.10. The van der Waals surface area contributed by atoms with Gasteiger partial charge in [0.25, 0.3) is 0 Å². The van der Waals surface area contributed by atoms with Crippen LogP contribution >= 0.6 is 15.9 Å². The third-order valence-corrected chi connectivity index (χ3v) is 6.78. The Morgan fingerprint density at radius 1 is 0.837 bits per heavy atom. The van der Waals surface area contributed by atoms with Gasteiger partial charge in [-0.05, 0) is 64.5 Å². The number of aromatic nitrogens is 10. The first-order valence-electron chi connectivity index (χ1n) is 12.6. The second-order valence-corrected chi connectivity index (χ2v) is 9.80. The van der Waals surface area contributed by atoms with Crippen LogP contribution in [-0.4, -0.2) is 50.1 Å². The van der Waals surface area contributed by atoms with Crippen LogP contribution in [0.4, 0.5) is 5.82 Å². The Balaban J connectivity index is 0.000000140. The van der Waals surface area contributed by atoms with Crippen LogP contribution in [0.2, 0.25) is 0 Å². The van der Waals surface area contributed by atoms with Crippen molar-refractivity contribution in [1.29, 1.82) is 0 Å². The van der Waals surface area contributed by atoms with Crippen LogP contribution in [0.1, 0.15) is 0 Å². The van der Waals surface area contributed by atoms with Crippen LogP contribution in [-0.2, 0) is 0 Å². The molecule has 0 amide bonds. The topological polar surface area (TPSA) is 207 Å². The number of nitrogen functional groups attached to an aromatic ring is 1. The number of aromatic amines is 3. The molecule has 0 saturated heterocycles. The highest BCUT2D eigenvalue weighted by Crippen LogP contribution is 2.34. The maximum atomic E-state index is 11.5. The van der Waals surface area contributed by atoms with Gasteiger partial charge in [0.2, 0.25) is 0 Å². The lowest BCUT2D eigenvalue weighted by Crippen LogP contribution is -1.99. The number of fused-ring (bicyclic) bond motifs is 2. The van der Waals surface area contributed by atoms with Crippen molar-refractivity contribution in [1.82, 2.24) is 50.1 Å². The summed E-state index contributed by atoms with van der Waals surface area (Å²) in [6.45, 7) is 0. The maximum Gasteiger partial charge on any atom is 0.325 e. The number of rotatable bonds is 4. The molecule has 0 aliphatic rings. The van der Waals surface area contributed by atoms with Crippen molar-refractivity contribution in [3.63, 3.8) is 0 Å². The van der Waals surface area contributed by atoms with Crippen LogP contribution < -0.4 is 11.4 Å². The van der Waals surface area contributed by atoms with Gasteiger partial charge < -0.3 is 19.6 Å². The first-order chi connectivity index (χ1) is 21.0. The van der Waals surface area contributed by atoms with Crippen LogP contribution in [0.3, 0.4) is 0 Å². The van der Waals surface area contributed by atoms with Crippen molar-refractivity contribution in [2.45, 2.75) is 0 Å². The van der Waals surface area contributed by atoms with Crippen LogP contribution in [0.15, 0.2) is 98.1 Å². The molecule has 0 aromatic carbocycles. The molecule has 8 heterocycles. The predicted octanol–water partition coefficient (Wildman–Crippen LogP) is 4.99. The van der Waals surface area contributed by atoms with Gasteiger partial charge in [-0.15, -0.1) is 0 Å². The number of pyridine rings is 2. The number of furan rings is 2. The number of nitrogens with zero attached hydrogens (tertiary/aromatic N) is 7. The molecule has 0 atom stereocenters. The number of halogens is 1. The molecule has 14 nitrogen and oxygen atoms in total. The van der Waals surface area contributed by atoms with E-state index in [4.69, 9.17) is 14.6 Å². The number of nitrogens with one attached hydrogen (secondary N) is 3. The minimum absolute atomic E-state index is 0.311. The second kappa shape index (κ2) is 10.8. The molecule has 210 valence electrons. The van der Waals surface area contributed by atoms with E-state index >= 15 is 0 Å². The molecular weight excluding hydrogens is 618 g/mol. The summed E-state index contributed by atoms with van der Waals surface area (Å²) in [5, 5.41) is 7.57. The number of nitrogens with two attached hydrogens (primary N) is 1. The minimum Gasteiger partial charge on any atom is -0.463 e. The van der Waals surface area contributed by atoms with Crippen LogP contribution in [0.25, 0.3) is 67.6 Å². The van der Waals surface area contributed by atoms with Gasteiger partial charge in [-0.25, -0.2) is 34.7 Å². The van der Waals surface area contributed by atoms with Crippen molar-refractivity contribution in [2.24, 2.45) is 0 Å². The van der Waals surface area contributed by atoms with Crippen molar-refractivity contribution in [2.75, 3.05) is 5.73 Å². The van der Waals surface area contributed by atoms with Crippen molar-refractivity contribution < 1.29 is 8.83 Å². The first kappa shape index (κ1) is 26.0. The van der Waals surface area contributed by atoms with E-state index < -0.39 is 0 Å². The molecular formula is C28H18BrN11O3. The average Bonchev–Trinajstić information content (AvgIpc) is 3.85. The maximum absolute atomic E-state index is 11.5. The molecule has 43 heavy (non-hydrogen) atoms. The van der Waals surface area contributed by atoms with Crippen molar-refractivity contribution in [3.8, 4) is 45.4 Å². The standard InChI is InChI=1S/C14H8BrN5O2.C14H10N6O/c15-11-2-1-10(22-11)12-7(8-3-4-16-6-17-8)5-9-13(19-12)20-14(21)18-9;15-13-9-6-8(10-3-4-16-7-17-10)12(11-2-1-5-21-11)18-14(9)20-19-13/h1-6H,(H2,18,19,20,21);1-7H,(H3,15,18,19,20). The molecule has 0 saturated carbocycles. The monoisotopic (exact) mass is 635 g/mol. The summed E-state index contributed by atoms with van der Waals surface area (Å²) in [6.07, 6.45) is 7.88. The number of imidazole rings is 1. The molecule has 0 bridgehead atoms. The van der Waals surface area contributed by atoms with E-state index in [1.807, 2.05) is 30.3 Å². The SMILES string of the molecule is Nc1[nH]nc2nc(-c3ccco3)c(-c3ccncn3)cc12.O=c1[nH]c2cc(-c3ccncn3)c(-c3ccc(Br)o3)nc2[nH]1. The van der Waals surface area contributed by atoms with Gasteiger partial charge in [-0.1, -0.05) is 0 Å². The van der Waals surface area contributed by atoms with Gasteiger partial charge in [0.05, 0.1) is 28.6 Å². The molecule has 0 spiro atoms. The van der Waals surface area contributed by atoms with E-state index in [0.717, 1.165) is 22.2 Å². The fourth-order valence-electron chi connectivity index (χ4n) is 4.45. The van der Waals surface area contributed by atoms with Gasteiger partial charge in [0, 0.05) is 23.5 Å². The Hall–Kier alpha value is -5.96. The predicted molar refractivity (Wildman–Crippen MR) is 160 cm³/mol. The number of hydrogen-bond acceptors (Lipinski definition) is 11. The Bertz CT molecular complexity index is 2240. The van der Waals surface area contributed by atoms with Gasteiger partial charge >= 0.3 is 5.69 Å². The van der Waals surface area contributed by atoms with Gasteiger partial charge in [0.15, 0.2) is 27.5 Å². The zero-order chi connectivity index (χ0) is 29.3. The van der Waals surface area contributed by atoms with Gasteiger partial charge in [-0.2, -0.15) is 5.10 Å². The molecule has 15 heteroatoms. The molecule has 0 fully saturated rings. The molecule has 8 aromatic rings. The summed E-state index contributed by atoms with van der Waals surface area (Å²) in [6, 6.07) is 14.5. The average molecular weight is 636 g/mol. The number of H-pyrrole nitrogens is 3. The fraction of sp³-hybridized carbons (Fsp3) is 0. The van der Waals surface area contributed by atoms with Crippen LogP contribution in [0, 0.1) is 0 Å². The summed E-state index contributed by atoms with van der Waals surface area (Å²) in [7, 11) is 0. The Kier molecular flexibility index (Phi) is 6.52. The van der Waals surface area contributed by atoms with E-state index in [2.05, 4.69) is 66.0 Å². The molecule has 0 radical (unpaired) electrons. The summed E-state index contributed by atoms with van der Waals surface area (Å²) in [5.41, 5.74) is 11.4. The minimum atomic E-state index is -0.311. The normalized spacial score (nSPS) is 11.1. The molecule has 0 aliphatic carbocycles. The lowest BCUT2D eigenvalue weighted by atomic mass is 10.1. The zero-order valence-corrected chi connectivity index (χ0v) is 23.4. The Morgan fingerprint density at radius 3 is 2.23 bits per heavy atom. The summed E-state index contributed by atoms with van der Waals surface area (Å²) >= 11 is 3.28. The highest BCUT2D eigenvalue weighted by atomic mass is 79.9. The highest BCUT2D eigenvalue weighted by Gasteiger charge is 2.18. The molecule has 0 aliphatic heterocycles. The Morgan fingerprint density at radius 2 is 1.58 bits per heavy atom. The van der Waals surface area contributed by atoms with E-state index in [0.29, 0.717) is 55.9 Å². The van der Waals surface area contributed by atoms with E-state index in [9.17, 15) is 4.79 Å². The zero-order valence-electron chi connectivity index (χ0n) is 21.8. The quantitative estimate of drug-likeness (QED) is 0.202. The van der Waals surface area contributed by atoms with E-state index in [-0.39, 0.29) is 5.69 Å². The van der Waals surface area contributed by atoms with Crippen molar-refractivity contribution in [3.05, 3.63) is 95.0 Å². The largest absolute Gasteiger partial charge is 0.463 e. The third kappa shape index (κ3) is 5.04. The number of anilines is 1. The summed E-state index contributed by atoms with van der Waals surface area (Å²) in [4.78, 5) is 42.2. The lowest BCUT2D eigenvalue weighted by molar-refractivity contribution is 0.554. The van der Waals surface area contributed by atoms with Gasteiger partial charge in [-0.3, -0.25) is 10.1 Å². The van der Waals surface area contributed by atoms with Crippen molar-refractivity contribution >= 4 is 43.9 Å². The molecule has 5 N–H and O–H groups in total. The lowest BCUT2D eigenvalue weighted by Gasteiger charge is -2.06. The number of hydrogen-bond donors (Lipinski definition) is 4. The first-order valence-corrected chi connectivity index (χ1v) is 13.4. The Labute approximate surface area is 248 Å². The molecule has 8 rings (SSSR count). The van der Waals surface area contributed by atoms with E-state index in [1.165, 1.54) is 12.7 Å². The molecule has 8 aromatic heterocycles. The third-order valence-electron chi connectivity index (χ3n) is 6.35. The summed E-state index contributed by atoms with van der Waals surface area (Å²) < 4.78 is 11.7. The van der Waals surface area contributed by atoms with Crippen LogP contribution in [0.5, 0.6) is 0 Å². The fourth-order valence-corrected chi connectivity index (χ4v) is 4.75. The van der Waals surface area contributed by atoms with E-state index in [1.54, 1.807) is 36.9 Å². The molecule has 0 unspecified atom stereocenters. The van der Waals surface area contributed by atoms with Gasteiger partial charge in [0.1, 0.15) is 29.9 Å². The summed E-state index contributed by atoms with van der Waals surface area (Å²) in [5.74, 6) is 1.69.